The minimum Gasteiger partial charge on any atom is -0.478 e. The second-order valence-electron chi connectivity index (χ2n) is 5.53. The van der Waals surface area contributed by atoms with E-state index < -0.39 is 11.9 Å². The van der Waals surface area contributed by atoms with Gasteiger partial charge in [-0.05, 0) is 41.5 Å². The molecule has 9 heteroatoms. The summed E-state index contributed by atoms with van der Waals surface area (Å²) in [6.45, 7) is 0. The number of carbonyl (C=O) groups is 3. The normalized spacial score (nSPS) is 10.3. The van der Waals surface area contributed by atoms with Gasteiger partial charge in [0, 0.05) is 23.0 Å². The lowest BCUT2D eigenvalue weighted by atomic mass is 9.96. The van der Waals surface area contributed by atoms with Crippen molar-refractivity contribution in [3.05, 3.63) is 53.6 Å². The van der Waals surface area contributed by atoms with Gasteiger partial charge in [0.1, 0.15) is 0 Å². The molecule has 6 N–H and O–H groups in total. The molecule has 28 heavy (non-hydrogen) atoms. The lowest BCUT2D eigenvalue weighted by molar-refractivity contribution is -0.131. The summed E-state index contributed by atoms with van der Waals surface area (Å²) in [5.41, 5.74) is 7.63. The molecule has 0 aliphatic heterocycles. The van der Waals surface area contributed by atoms with E-state index in [4.69, 9.17) is 21.0 Å². The first-order valence-electron chi connectivity index (χ1n) is 7.94. The number of rotatable bonds is 7. The number of hydrogen-bond acceptors (Lipinski definition) is 5. The number of aliphatic carboxylic acids is 1. The maximum Gasteiger partial charge on any atom is 0.338 e. The lowest BCUT2D eigenvalue weighted by Gasteiger charge is -2.14. The zero-order chi connectivity index (χ0) is 20.7. The van der Waals surface area contributed by atoms with Crippen molar-refractivity contribution in [1.29, 1.82) is 5.41 Å². The number of carboxylic acid groups (broad SMARTS) is 1. The summed E-state index contributed by atoms with van der Waals surface area (Å²) in [6.07, 6.45) is 2.48. The molecular weight excluding hydrogens is 364 g/mol. The van der Waals surface area contributed by atoms with Crippen LogP contribution in [-0.2, 0) is 14.3 Å². The number of methoxy groups -OCH3 is 1. The average Bonchev–Trinajstić information content (AvgIpc) is 2.65. The molecule has 1 amide bonds. The SMILES string of the molecule is COC(=O)c1cc(-c2cccc(NC(=N)N)c2)cc(NC=O)c1C=CC(=O)O. The monoisotopic (exact) mass is 382 g/mol. The molecule has 2 rings (SSSR count). The van der Waals surface area contributed by atoms with Gasteiger partial charge in [-0.25, -0.2) is 9.59 Å². The number of amides is 1. The van der Waals surface area contributed by atoms with Gasteiger partial charge in [-0.15, -0.1) is 0 Å². The third kappa shape index (κ3) is 4.94. The van der Waals surface area contributed by atoms with Crippen molar-refractivity contribution >= 4 is 41.8 Å². The van der Waals surface area contributed by atoms with Crippen LogP contribution in [0.2, 0.25) is 0 Å². The summed E-state index contributed by atoms with van der Waals surface area (Å²) in [5, 5.41) is 21.4. The van der Waals surface area contributed by atoms with Gasteiger partial charge in [0.2, 0.25) is 6.41 Å². The van der Waals surface area contributed by atoms with Crippen LogP contribution in [0.5, 0.6) is 0 Å². The average molecular weight is 382 g/mol. The number of benzene rings is 2. The summed E-state index contributed by atoms with van der Waals surface area (Å²) < 4.78 is 4.79. The Kier molecular flexibility index (Phi) is 6.48. The van der Waals surface area contributed by atoms with Crippen molar-refractivity contribution in [3.8, 4) is 11.1 Å². The van der Waals surface area contributed by atoms with Crippen LogP contribution < -0.4 is 16.4 Å². The predicted molar refractivity (Wildman–Crippen MR) is 105 cm³/mol. The van der Waals surface area contributed by atoms with Crippen molar-refractivity contribution in [3.63, 3.8) is 0 Å². The molecule has 0 saturated heterocycles. The highest BCUT2D eigenvalue weighted by molar-refractivity contribution is 6.01. The van der Waals surface area contributed by atoms with Crippen LogP contribution in [-0.4, -0.2) is 36.5 Å². The van der Waals surface area contributed by atoms with Gasteiger partial charge in [0.05, 0.1) is 12.7 Å². The molecule has 0 fully saturated rings. The molecular formula is C19H18N4O5. The van der Waals surface area contributed by atoms with Gasteiger partial charge in [-0.1, -0.05) is 12.1 Å². The minimum absolute atomic E-state index is 0.0757. The number of nitrogens with two attached hydrogens (primary N) is 1. The first-order valence-corrected chi connectivity index (χ1v) is 7.94. The van der Waals surface area contributed by atoms with Gasteiger partial charge in [-0.3, -0.25) is 10.2 Å². The highest BCUT2D eigenvalue weighted by Crippen LogP contribution is 2.31. The van der Waals surface area contributed by atoms with Gasteiger partial charge in [0.15, 0.2) is 5.96 Å². The zero-order valence-electron chi connectivity index (χ0n) is 14.9. The Morgan fingerprint density at radius 2 is 1.96 bits per heavy atom. The smallest absolute Gasteiger partial charge is 0.338 e. The molecule has 0 bridgehead atoms. The molecule has 0 radical (unpaired) electrons. The van der Waals surface area contributed by atoms with Crippen molar-refractivity contribution < 1.29 is 24.2 Å². The van der Waals surface area contributed by atoms with Gasteiger partial charge in [-0.2, -0.15) is 0 Å². The van der Waals surface area contributed by atoms with E-state index in [0.29, 0.717) is 23.2 Å². The van der Waals surface area contributed by atoms with Crippen LogP contribution in [0.4, 0.5) is 11.4 Å². The van der Waals surface area contributed by atoms with Crippen molar-refractivity contribution in [2.45, 2.75) is 0 Å². The predicted octanol–water partition coefficient (Wildman–Crippen LogP) is 2.11. The Labute approximate surface area is 160 Å². The van der Waals surface area contributed by atoms with Crippen LogP contribution in [0.3, 0.4) is 0 Å². The number of carbonyl (C=O) groups excluding carboxylic acids is 2. The molecule has 9 nitrogen and oxygen atoms in total. The Hall–Kier alpha value is -4.14. The number of guanidine groups is 1. The topological polar surface area (TPSA) is 155 Å². The number of carboxylic acids is 1. The number of nitrogens with one attached hydrogen (secondary N) is 3. The first-order chi connectivity index (χ1) is 13.3. The number of esters is 1. The summed E-state index contributed by atoms with van der Waals surface area (Å²) in [4.78, 5) is 34.2. The summed E-state index contributed by atoms with van der Waals surface area (Å²) in [5.74, 6) is -2.14. The summed E-state index contributed by atoms with van der Waals surface area (Å²) in [6, 6.07) is 10.0. The Bertz CT molecular complexity index is 969. The van der Waals surface area contributed by atoms with E-state index in [0.717, 1.165) is 6.08 Å². The largest absolute Gasteiger partial charge is 0.478 e. The van der Waals surface area contributed by atoms with Crippen molar-refractivity contribution in [1.82, 2.24) is 0 Å². The third-order valence-corrected chi connectivity index (χ3v) is 3.67. The molecule has 144 valence electrons. The first kappa shape index (κ1) is 20.2. The molecule has 0 unspecified atom stereocenters. The van der Waals surface area contributed by atoms with Crippen LogP contribution in [0, 0.1) is 5.41 Å². The van der Waals surface area contributed by atoms with E-state index in [-0.39, 0.29) is 22.8 Å². The van der Waals surface area contributed by atoms with Gasteiger partial charge >= 0.3 is 11.9 Å². The fraction of sp³-hybridized carbons (Fsp3) is 0.0526. The molecule has 2 aromatic carbocycles. The second kappa shape index (κ2) is 8.99. The molecule has 0 aliphatic carbocycles. The molecule has 0 atom stereocenters. The fourth-order valence-electron chi connectivity index (χ4n) is 2.55. The minimum atomic E-state index is -1.21. The van der Waals surface area contributed by atoms with E-state index in [9.17, 15) is 14.4 Å². The van der Waals surface area contributed by atoms with Crippen LogP contribution in [0.15, 0.2) is 42.5 Å². The van der Waals surface area contributed by atoms with Crippen molar-refractivity contribution in [2.24, 2.45) is 5.73 Å². The third-order valence-electron chi connectivity index (χ3n) is 3.67. The van der Waals surface area contributed by atoms with Crippen molar-refractivity contribution in [2.75, 3.05) is 17.7 Å². The molecule has 0 aromatic heterocycles. The summed E-state index contributed by atoms with van der Waals surface area (Å²) >= 11 is 0. The van der Waals surface area contributed by atoms with Crippen LogP contribution in [0.1, 0.15) is 15.9 Å². The summed E-state index contributed by atoms with van der Waals surface area (Å²) in [7, 11) is 1.20. The van der Waals surface area contributed by atoms with Gasteiger partial charge in [0.25, 0.3) is 0 Å². The van der Waals surface area contributed by atoms with E-state index in [1.165, 1.54) is 19.3 Å². The zero-order valence-corrected chi connectivity index (χ0v) is 14.9. The fourth-order valence-corrected chi connectivity index (χ4v) is 2.55. The Morgan fingerprint density at radius 3 is 2.57 bits per heavy atom. The van der Waals surface area contributed by atoms with E-state index in [2.05, 4.69) is 10.6 Å². The highest BCUT2D eigenvalue weighted by atomic mass is 16.5. The standard InChI is InChI=1S/C19H18N4O5/c1-28-18(27)15-8-12(11-3-2-4-13(7-11)23-19(20)21)9-16(22-10-24)14(15)5-6-17(25)26/h2-10H,1H3,(H,22,24)(H,25,26)(H4,20,21,23). The molecule has 0 heterocycles. The number of hydrogen-bond donors (Lipinski definition) is 5. The highest BCUT2D eigenvalue weighted by Gasteiger charge is 2.17. The van der Waals surface area contributed by atoms with E-state index in [1.54, 1.807) is 30.3 Å². The van der Waals surface area contributed by atoms with Crippen LogP contribution in [0.25, 0.3) is 17.2 Å². The quantitative estimate of drug-likeness (QED) is 0.161. The maximum atomic E-state index is 12.3. The lowest BCUT2D eigenvalue weighted by Crippen LogP contribution is -2.20. The molecule has 0 aliphatic rings. The molecule has 0 spiro atoms. The number of ether oxygens (including phenoxy) is 1. The van der Waals surface area contributed by atoms with Gasteiger partial charge < -0.3 is 26.2 Å². The second-order valence-corrected chi connectivity index (χ2v) is 5.53. The Morgan fingerprint density at radius 1 is 1.21 bits per heavy atom. The van der Waals surface area contributed by atoms with E-state index in [1.807, 2.05) is 0 Å². The Balaban J connectivity index is 2.68. The van der Waals surface area contributed by atoms with E-state index >= 15 is 0 Å². The molecule has 0 saturated carbocycles. The van der Waals surface area contributed by atoms with Crippen LogP contribution >= 0.6 is 0 Å². The molecule has 2 aromatic rings. The maximum absolute atomic E-state index is 12.3. The number of anilines is 2.